The zero-order chi connectivity index (χ0) is 16.5. The summed E-state index contributed by atoms with van der Waals surface area (Å²) in [6.45, 7) is 7.66. The molecule has 2 heterocycles. The van der Waals surface area contributed by atoms with Gasteiger partial charge in [0.1, 0.15) is 11.9 Å². The second kappa shape index (κ2) is 6.14. The van der Waals surface area contributed by atoms with E-state index in [4.69, 9.17) is 0 Å². The molecule has 4 nitrogen and oxygen atoms in total. The number of hydrogen-bond donors (Lipinski definition) is 0. The van der Waals surface area contributed by atoms with E-state index >= 15 is 0 Å². The van der Waals surface area contributed by atoms with Crippen LogP contribution >= 0.6 is 0 Å². The molecule has 1 amide bonds. The van der Waals surface area contributed by atoms with Crippen LogP contribution in [0.5, 0.6) is 0 Å². The molecule has 1 aliphatic rings. The summed E-state index contributed by atoms with van der Waals surface area (Å²) in [4.78, 5) is 19.8. The van der Waals surface area contributed by atoms with E-state index < -0.39 is 17.8 Å². The molecule has 0 radical (unpaired) electrons. The number of rotatable bonds is 3. The molecule has 1 aromatic heterocycles. The van der Waals surface area contributed by atoms with E-state index in [-0.39, 0.29) is 5.91 Å². The predicted molar refractivity (Wildman–Crippen MR) is 77.5 cm³/mol. The Morgan fingerprint density at radius 1 is 1.32 bits per heavy atom. The number of carbonyl (C=O) groups excluding carboxylic acids is 1. The van der Waals surface area contributed by atoms with Crippen LogP contribution in [0.15, 0.2) is 18.3 Å². The number of pyridine rings is 1. The number of halogens is 3. The lowest BCUT2D eigenvalue weighted by molar-refractivity contribution is -0.138. The van der Waals surface area contributed by atoms with Crippen molar-refractivity contribution in [3.05, 3.63) is 23.9 Å². The van der Waals surface area contributed by atoms with E-state index in [1.165, 1.54) is 6.07 Å². The minimum Gasteiger partial charge on any atom is -0.343 e. The van der Waals surface area contributed by atoms with Crippen molar-refractivity contribution < 1.29 is 18.0 Å². The zero-order valence-corrected chi connectivity index (χ0v) is 12.9. The van der Waals surface area contributed by atoms with Crippen molar-refractivity contribution in [3.63, 3.8) is 0 Å². The molecule has 1 aromatic rings. The van der Waals surface area contributed by atoms with Gasteiger partial charge in [0.2, 0.25) is 5.91 Å². The van der Waals surface area contributed by atoms with E-state index in [0.29, 0.717) is 31.4 Å². The third kappa shape index (κ3) is 3.51. The molecule has 0 bridgehead atoms. The average Bonchev–Trinajstić information content (AvgIpc) is 2.43. The van der Waals surface area contributed by atoms with Gasteiger partial charge in [-0.3, -0.25) is 4.79 Å². The third-order valence-corrected chi connectivity index (χ3v) is 3.70. The van der Waals surface area contributed by atoms with Crippen LogP contribution in [-0.4, -0.2) is 41.5 Å². The van der Waals surface area contributed by atoms with Crippen molar-refractivity contribution in [1.29, 1.82) is 0 Å². The first-order valence-corrected chi connectivity index (χ1v) is 7.29. The van der Waals surface area contributed by atoms with Gasteiger partial charge >= 0.3 is 6.18 Å². The molecule has 0 spiro atoms. The summed E-state index contributed by atoms with van der Waals surface area (Å²) >= 11 is 0. The molecule has 0 saturated carbocycles. The summed E-state index contributed by atoms with van der Waals surface area (Å²) in [5.41, 5.74) is -0.784. The highest BCUT2D eigenvalue weighted by Gasteiger charge is 2.34. The van der Waals surface area contributed by atoms with Gasteiger partial charge in [-0.1, -0.05) is 13.8 Å². The van der Waals surface area contributed by atoms with E-state index in [1.54, 1.807) is 16.7 Å². The molecule has 1 saturated heterocycles. The quantitative estimate of drug-likeness (QED) is 0.860. The van der Waals surface area contributed by atoms with Crippen molar-refractivity contribution in [2.45, 2.75) is 33.0 Å². The largest absolute Gasteiger partial charge is 0.417 e. The van der Waals surface area contributed by atoms with Crippen molar-refractivity contribution in [3.8, 4) is 0 Å². The van der Waals surface area contributed by atoms with Crippen LogP contribution in [0.2, 0.25) is 0 Å². The Balaban J connectivity index is 2.12. The zero-order valence-electron chi connectivity index (χ0n) is 12.9. The maximum Gasteiger partial charge on any atom is 0.417 e. The van der Waals surface area contributed by atoms with Crippen molar-refractivity contribution >= 4 is 11.7 Å². The van der Waals surface area contributed by atoms with Crippen LogP contribution in [0.3, 0.4) is 0 Å². The molecule has 122 valence electrons. The van der Waals surface area contributed by atoms with E-state index in [1.807, 2.05) is 13.8 Å². The van der Waals surface area contributed by atoms with Gasteiger partial charge in [-0.25, -0.2) is 4.98 Å². The van der Waals surface area contributed by atoms with E-state index in [0.717, 1.165) is 12.3 Å². The molecule has 0 N–H and O–H groups in total. The fourth-order valence-electron chi connectivity index (χ4n) is 2.59. The number of aromatic nitrogens is 1. The van der Waals surface area contributed by atoms with Crippen LogP contribution in [0.25, 0.3) is 0 Å². The van der Waals surface area contributed by atoms with Gasteiger partial charge in [0.05, 0.1) is 5.56 Å². The Bertz CT molecular complexity index is 528. The van der Waals surface area contributed by atoms with Crippen molar-refractivity contribution in [1.82, 2.24) is 9.88 Å². The fourth-order valence-corrected chi connectivity index (χ4v) is 2.59. The average molecular weight is 315 g/mol. The fraction of sp³-hybridized carbons (Fsp3) is 0.600. The van der Waals surface area contributed by atoms with Crippen molar-refractivity contribution in [2.75, 3.05) is 24.5 Å². The molecule has 0 aliphatic carbocycles. The van der Waals surface area contributed by atoms with Crippen molar-refractivity contribution in [2.24, 2.45) is 5.92 Å². The number of anilines is 1. The third-order valence-electron chi connectivity index (χ3n) is 3.70. The molecule has 2 rings (SSSR count). The van der Waals surface area contributed by atoms with Gasteiger partial charge in [-0.05, 0) is 25.0 Å². The lowest BCUT2D eigenvalue weighted by Gasteiger charge is -2.40. The van der Waals surface area contributed by atoms with Gasteiger partial charge in [0.15, 0.2) is 0 Å². The summed E-state index contributed by atoms with van der Waals surface area (Å²) in [7, 11) is 0. The van der Waals surface area contributed by atoms with Crippen LogP contribution in [0.4, 0.5) is 19.0 Å². The van der Waals surface area contributed by atoms with Gasteiger partial charge in [0.25, 0.3) is 0 Å². The van der Waals surface area contributed by atoms with Gasteiger partial charge in [-0.15, -0.1) is 0 Å². The summed E-state index contributed by atoms with van der Waals surface area (Å²) in [5, 5.41) is 0. The van der Waals surface area contributed by atoms with Gasteiger partial charge in [0, 0.05) is 25.8 Å². The summed E-state index contributed by atoms with van der Waals surface area (Å²) in [6, 6.07) is 1.90. The first-order valence-electron chi connectivity index (χ1n) is 7.29. The van der Waals surface area contributed by atoms with Crippen LogP contribution in [0, 0.1) is 5.92 Å². The number of hydrogen-bond acceptors (Lipinski definition) is 3. The minimum atomic E-state index is -4.40. The number of piperazine rings is 1. The minimum absolute atomic E-state index is 0.0124. The maximum absolute atomic E-state index is 12.6. The molecule has 1 aliphatic heterocycles. The first kappa shape index (κ1) is 16.6. The molecular weight excluding hydrogens is 295 g/mol. The molecular formula is C15H20F3N3O. The number of alkyl halides is 3. The molecule has 7 heteroatoms. The highest BCUT2D eigenvalue weighted by molar-refractivity contribution is 5.85. The van der Waals surface area contributed by atoms with E-state index in [9.17, 15) is 18.0 Å². The highest BCUT2D eigenvalue weighted by Crippen LogP contribution is 2.30. The number of nitrogens with zero attached hydrogens (tertiary/aromatic N) is 3. The summed E-state index contributed by atoms with van der Waals surface area (Å²) in [5.74, 6) is 0.770. The standard InChI is InChI=1S/C15H20F3N3O/c1-10(2)9-20-6-7-21(11(3)14(20)22)13-5-4-12(8-19-13)15(16,17)18/h4-5,8,10-11H,6-7,9H2,1-3H3. The lowest BCUT2D eigenvalue weighted by Crippen LogP contribution is -2.56. The Morgan fingerprint density at radius 2 is 2.00 bits per heavy atom. The molecule has 1 unspecified atom stereocenters. The SMILES string of the molecule is CC(C)CN1CCN(c2ccc(C(F)(F)F)cn2)C(C)C1=O. The lowest BCUT2D eigenvalue weighted by atomic mass is 10.1. The normalized spacial score (nSPS) is 20.0. The maximum atomic E-state index is 12.6. The van der Waals surface area contributed by atoms with Crippen LogP contribution in [-0.2, 0) is 11.0 Å². The monoisotopic (exact) mass is 315 g/mol. The molecule has 1 fully saturated rings. The molecule has 22 heavy (non-hydrogen) atoms. The highest BCUT2D eigenvalue weighted by atomic mass is 19.4. The van der Waals surface area contributed by atoms with Gasteiger partial charge in [-0.2, -0.15) is 13.2 Å². The Morgan fingerprint density at radius 3 is 2.50 bits per heavy atom. The predicted octanol–water partition coefficient (Wildman–Crippen LogP) is 2.79. The number of carbonyl (C=O) groups is 1. The Hall–Kier alpha value is -1.79. The smallest absolute Gasteiger partial charge is 0.343 e. The summed E-state index contributed by atoms with van der Waals surface area (Å²) < 4.78 is 37.7. The Kier molecular flexibility index (Phi) is 4.63. The second-order valence-electron chi connectivity index (χ2n) is 5.95. The van der Waals surface area contributed by atoms with Crippen LogP contribution < -0.4 is 4.90 Å². The number of amides is 1. The van der Waals surface area contributed by atoms with E-state index in [2.05, 4.69) is 4.98 Å². The first-order chi connectivity index (χ1) is 10.2. The summed E-state index contributed by atoms with van der Waals surface area (Å²) in [6.07, 6.45) is -3.59. The van der Waals surface area contributed by atoms with Crippen LogP contribution in [0.1, 0.15) is 26.3 Å². The molecule has 0 aromatic carbocycles. The second-order valence-corrected chi connectivity index (χ2v) is 5.95. The topological polar surface area (TPSA) is 36.4 Å². The van der Waals surface area contributed by atoms with Gasteiger partial charge < -0.3 is 9.80 Å². The Labute approximate surface area is 127 Å². The molecule has 1 atom stereocenters.